The van der Waals surface area contributed by atoms with E-state index in [2.05, 4.69) is 32.7 Å². The molecule has 0 aromatic carbocycles. The zero-order valence-corrected chi connectivity index (χ0v) is 10.4. The van der Waals surface area contributed by atoms with Crippen molar-refractivity contribution in [1.29, 1.82) is 0 Å². The van der Waals surface area contributed by atoms with Gasteiger partial charge in [0.1, 0.15) is 0 Å². The van der Waals surface area contributed by atoms with Gasteiger partial charge in [-0.15, -0.1) is 0 Å². The van der Waals surface area contributed by atoms with Gasteiger partial charge < -0.3 is 5.32 Å². The number of hydrogen-bond acceptors (Lipinski definition) is 2. The third-order valence-electron chi connectivity index (χ3n) is 1.78. The van der Waals surface area contributed by atoms with Crippen LogP contribution >= 0.6 is 11.8 Å². The molecular formula is C11H19NOS. The molecule has 0 aliphatic rings. The average molecular weight is 213 g/mol. The van der Waals surface area contributed by atoms with Crippen LogP contribution in [0.3, 0.4) is 0 Å². The number of thioether (sulfide) groups is 1. The van der Waals surface area contributed by atoms with Gasteiger partial charge in [-0.2, -0.15) is 0 Å². The SMILES string of the molecule is C=C(S/C(=C\C)C(=O)NC)C(C)(C)C. The number of allylic oxidation sites excluding steroid dienone is 2. The molecule has 1 N–H and O–H groups in total. The minimum atomic E-state index is -0.0529. The van der Waals surface area contributed by atoms with E-state index < -0.39 is 0 Å². The summed E-state index contributed by atoms with van der Waals surface area (Å²) in [5, 5.41) is 2.60. The number of rotatable bonds is 3. The molecule has 0 aliphatic carbocycles. The zero-order chi connectivity index (χ0) is 11.4. The predicted molar refractivity (Wildman–Crippen MR) is 64.0 cm³/mol. The number of hydrogen-bond donors (Lipinski definition) is 1. The van der Waals surface area contributed by atoms with Crippen molar-refractivity contribution in [3.05, 3.63) is 22.5 Å². The van der Waals surface area contributed by atoms with Crippen LogP contribution in [0.25, 0.3) is 0 Å². The van der Waals surface area contributed by atoms with Crippen molar-refractivity contribution in [3.8, 4) is 0 Å². The van der Waals surface area contributed by atoms with Crippen molar-refractivity contribution < 1.29 is 4.79 Å². The maximum absolute atomic E-state index is 11.4. The van der Waals surface area contributed by atoms with Crippen molar-refractivity contribution >= 4 is 17.7 Å². The molecule has 0 spiro atoms. The first-order valence-corrected chi connectivity index (χ1v) is 5.40. The van der Waals surface area contributed by atoms with E-state index in [9.17, 15) is 4.79 Å². The van der Waals surface area contributed by atoms with E-state index >= 15 is 0 Å². The molecule has 0 saturated heterocycles. The summed E-state index contributed by atoms with van der Waals surface area (Å²) in [5.41, 5.74) is 0.0208. The minimum absolute atomic E-state index is 0.0208. The molecule has 0 bridgehead atoms. The summed E-state index contributed by atoms with van der Waals surface area (Å²) in [5.74, 6) is -0.0529. The topological polar surface area (TPSA) is 29.1 Å². The van der Waals surface area contributed by atoms with E-state index in [0.717, 1.165) is 4.91 Å². The Bertz CT molecular complexity index is 261. The third-order valence-corrected chi connectivity index (χ3v) is 3.28. The number of carbonyl (C=O) groups excluding carboxylic acids is 1. The first-order chi connectivity index (χ1) is 6.32. The fraction of sp³-hybridized carbons (Fsp3) is 0.545. The molecule has 0 aliphatic heterocycles. The van der Waals surface area contributed by atoms with Gasteiger partial charge in [-0.1, -0.05) is 45.2 Å². The van der Waals surface area contributed by atoms with Gasteiger partial charge in [-0.25, -0.2) is 0 Å². The minimum Gasteiger partial charge on any atom is -0.355 e. The Labute approximate surface area is 90.8 Å². The fourth-order valence-electron chi connectivity index (χ4n) is 0.645. The molecular weight excluding hydrogens is 194 g/mol. The van der Waals surface area contributed by atoms with Crippen molar-refractivity contribution in [3.63, 3.8) is 0 Å². The number of likely N-dealkylation sites (N-methyl/N-ethyl adjacent to an activating group) is 1. The number of nitrogens with one attached hydrogen (secondary N) is 1. The molecule has 80 valence electrons. The number of carbonyl (C=O) groups is 1. The van der Waals surface area contributed by atoms with Gasteiger partial charge >= 0.3 is 0 Å². The highest BCUT2D eigenvalue weighted by molar-refractivity contribution is 8.07. The summed E-state index contributed by atoms with van der Waals surface area (Å²) < 4.78 is 0. The van der Waals surface area contributed by atoms with Gasteiger partial charge in [0.25, 0.3) is 5.91 Å². The van der Waals surface area contributed by atoms with E-state index in [0.29, 0.717) is 4.91 Å². The molecule has 3 heteroatoms. The van der Waals surface area contributed by atoms with E-state index in [1.807, 2.05) is 6.92 Å². The van der Waals surface area contributed by atoms with E-state index in [1.54, 1.807) is 13.1 Å². The largest absolute Gasteiger partial charge is 0.355 e. The Balaban J connectivity index is 4.52. The summed E-state index contributed by atoms with van der Waals surface area (Å²) in [7, 11) is 1.63. The van der Waals surface area contributed by atoms with Gasteiger partial charge in [0.2, 0.25) is 0 Å². The van der Waals surface area contributed by atoms with Crippen LogP contribution in [0.4, 0.5) is 0 Å². The standard InChI is InChI=1S/C11H19NOS/c1-7-9(10(13)12-6)14-8(2)11(3,4)5/h7H,2H2,1,3-6H3,(H,12,13)/b9-7-. The molecule has 0 atom stereocenters. The van der Waals surface area contributed by atoms with Gasteiger partial charge in [-0.05, 0) is 17.2 Å². The highest BCUT2D eigenvalue weighted by atomic mass is 32.2. The second-order valence-corrected chi connectivity index (χ2v) is 5.14. The summed E-state index contributed by atoms with van der Waals surface area (Å²) in [6.45, 7) is 12.1. The lowest BCUT2D eigenvalue weighted by atomic mass is 9.97. The first-order valence-electron chi connectivity index (χ1n) is 4.58. The van der Waals surface area contributed by atoms with Gasteiger partial charge in [0, 0.05) is 7.05 Å². The van der Waals surface area contributed by atoms with E-state index in [1.165, 1.54) is 11.8 Å². The second kappa shape index (κ2) is 5.25. The van der Waals surface area contributed by atoms with Crippen LogP contribution in [0.5, 0.6) is 0 Å². The lowest BCUT2D eigenvalue weighted by Crippen LogP contribution is -2.19. The Hall–Kier alpha value is -0.700. The van der Waals surface area contributed by atoms with Crippen molar-refractivity contribution in [2.24, 2.45) is 5.41 Å². The van der Waals surface area contributed by atoms with Crippen molar-refractivity contribution in [2.75, 3.05) is 7.05 Å². The Morgan fingerprint density at radius 2 is 1.93 bits per heavy atom. The molecule has 0 saturated carbocycles. The molecule has 0 aromatic heterocycles. The third kappa shape index (κ3) is 4.01. The molecule has 0 radical (unpaired) electrons. The monoisotopic (exact) mass is 213 g/mol. The van der Waals surface area contributed by atoms with Crippen molar-refractivity contribution in [2.45, 2.75) is 27.7 Å². The van der Waals surface area contributed by atoms with Crippen LogP contribution in [-0.4, -0.2) is 13.0 Å². The molecule has 0 rings (SSSR count). The van der Waals surface area contributed by atoms with Crippen LogP contribution in [0, 0.1) is 5.41 Å². The molecule has 0 heterocycles. The maximum atomic E-state index is 11.4. The highest BCUT2D eigenvalue weighted by Crippen LogP contribution is 2.37. The van der Waals surface area contributed by atoms with Gasteiger partial charge in [0.15, 0.2) is 0 Å². The van der Waals surface area contributed by atoms with Crippen LogP contribution in [0.1, 0.15) is 27.7 Å². The molecule has 1 amide bonds. The van der Waals surface area contributed by atoms with Crippen LogP contribution in [0.2, 0.25) is 0 Å². The summed E-state index contributed by atoms with van der Waals surface area (Å²) in [6.07, 6.45) is 1.81. The summed E-state index contributed by atoms with van der Waals surface area (Å²) in [6, 6.07) is 0. The van der Waals surface area contributed by atoms with E-state index in [-0.39, 0.29) is 11.3 Å². The summed E-state index contributed by atoms with van der Waals surface area (Å²) >= 11 is 1.44. The van der Waals surface area contributed by atoms with Crippen LogP contribution in [0.15, 0.2) is 22.5 Å². The first kappa shape index (κ1) is 13.3. The van der Waals surface area contributed by atoms with Crippen LogP contribution in [-0.2, 0) is 4.79 Å². The maximum Gasteiger partial charge on any atom is 0.257 e. The molecule has 0 fully saturated rings. The Morgan fingerprint density at radius 3 is 2.21 bits per heavy atom. The molecule has 0 aromatic rings. The Kier molecular flexibility index (Phi) is 4.99. The highest BCUT2D eigenvalue weighted by Gasteiger charge is 2.18. The summed E-state index contributed by atoms with van der Waals surface area (Å²) in [4.78, 5) is 13.1. The lowest BCUT2D eigenvalue weighted by molar-refractivity contribution is -0.116. The molecule has 14 heavy (non-hydrogen) atoms. The zero-order valence-electron chi connectivity index (χ0n) is 9.60. The average Bonchev–Trinajstić information content (AvgIpc) is 2.10. The molecule has 0 unspecified atom stereocenters. The molecule has 2 nitrogen and oxygen atoms in total. The van der Waals surface area contributed by atoms with Crippen molar-refractivity contribution in [1.82, 2.24) is 5.32 Å². The van der Waals surface area contributed by atoms with Gasteiger partial charge in [0.05, 0.1) is 4.91 Å². The van der Waals surface area contributed by atoms with Crippen LogP contribution < -0.4 is 5.32 Å². The van der Waals surface area contributed by atoms with Gasteiger partial charge in [-0.3, -0.25) is 4.79 Å². The Morgan fingerprint density at radius 1 is 1.43 bits per heavy atom. The van der Waals surface area contributed by atoms with E-state index in [4.69, 9.17) is 0 Å². The predicted octanol–water partition coefficient (Wildman–Crippen LogP) is 2.93. The quantitative estimate of drug-likeness (QED) is 0.730. The second-order valence-electron chi connectivity index (χ2n) is 4.01. The fourth-order valence-corrected chi connectivity index (χ4v) is 1.53. The lowest BCUT2D eigenvalue weighted by Gasteiger charge is -2.21. The normalized spacial score (nSPS) is 12.5. The number of amides is 1. The smallest absolute Gasteiger partial charge is 0.257 e.